The normalized spacial score (nSPS) is 11.2. The number of benzene rings is 2. The number of carbonyl (C=O) groups is 1. The van der Waals surface area contributed by atoms with Gasteiger partial charge in [0.25, 0.3) is 5.56 Å². The van der Waals surface area contributed by atoms with Gasteiger partial charge in [-0.05, 0) is 31.5 Å². The van der Waals surface area contributed by atoms with Crippen molar-refractivity contribution >= 4 is 16.8 Å². The zero-order valence-corrected chi connectivity index (χ0v) is 18.1. The van der Waals surface area contributed by atoms with Crippen molar-refractivity contribution in [3.05, 3.63) is 75.8 Å². The van der Waals surface area contributed by atoms with Gasteiger partial charge in [-0.1, -0.05) is 36.4 Å². The van der Waals surface area contributed by atoms with Gasteiger partial charge in [-0.2, -0.15) is 0 Å². The third-order valence-corrected chi connectivity index (χ3v) is 5.69. The van der Waals surface area contributed by atoms with Crippen LogP contribution in [-0.4, -0.2) is 28.5 Å². The first-order chi connectivity index (χ1) is 14.5. The molecule has 0 saturated heterocycles. The van der Waals surface area contributed by atoms with E-state index in [0.717, 1.165) is 25.2 Å². The van der Waals surface area contributed by atoms with E-state index in [0.29, 0.717) is 36.1 Å². The van der Waals surface area contributed by atoms with Gasteiger partial charge in [0.05, 0.1) is 24.0 Å². The molecule has 3 aromatic rings. The van der Waals surface area contributed by atoms with Crippen molar-refractivity contribution in [2.24, 2.45) is 7.05 Å². The molecule has 6 heteroatoms. The van der Waals surface area contributed by atoms with Crippen LogP contribution in [0.3, 0.4) is 0 Å². The third kappa shape index (κ3) is 5.13. The zero-order chi connectivity index (χ0) is 21.5. The Morgan fingerprint density at radius 1 is 1.03 bits per heavy atom. The first-order valence-corrected chi connectivity index (χ1v) is 10.6. The van der Waals surface area contributed by atoms with Gasteiger partial charge in [0.1, 0.15) is 12.4 Å². The van der Waals surface area contributed by atoms with E-state index in [2.05, 4.69) is 42.3 Å². The number of quaternary nitrogens is 1. The summed E-state index contributed by atoms with van der Waals surface area (Å²) < 4.78 is 1.54. The number of aryl methyl sites for hydroxylation is 1. The Morgan fingerprint density at radius 2 is 1.70 bits per heavy atom. The predicted molar refractivity (Wildman–Crippen MR) is 119 cm³/mol. The number of rotatable bonds is 9. The fraction of sp³-hybridized carbons (Fsp3) is 0.375. The molecule has 0 atom stereocenters. The number of hydrogen-bond acceptors (Lipinski definition) is 3. The molecule has 1 amide bonds. The fourth-order valence-electron chi connectivity index (χ4n) is 3.67. The number of aromatic nitrogens is 2. The number of nitrogens with one attached hydrogen (secondary N) is 2. The molecule has 0 aliphatic heterocycles. The molecule has 1 aromatic heterocycles. The molecule has 0 bridgehead atoms. The smallest absolute Gasteiger partial charge is 0.261 e. The summed E-state index contributed by atoms with van der Waals surface area (Å²) in [6.07, 6.45) is 0.718. The van der Waals surface area contributed by atoms with Gasteiger partial charge in [-0.25, -0.2) is 4.98 Å². The second-order valence-electron chi connectivity index (χ2n) is 7.59. The SMILES string of the molecule is CC[NH+](CC)Cc1ccccc1CNC(=O)CCc1nc2ccccc2c(=O)n1C. The quantitative estimate of drug-likeness (QED) is 0.566. The number of hydrogen-bond donors (Lipinski definition) is 2. The summed E-state index contributed by atoms with van der Waals surface area (Å²) >= 11 is 0. The number of fused-ring (bicyclic) bond motifs is 1. The van der Waals surface area contributed by atoms with Gasteiger partial charge in [0.2, 0.25) is 5.91 Å². The molecule has 1 heterocycles. The van der Waals surface area contributed by atoms with E-state index in [1.54, 1.807) is 13.1 Å². The van der Waals surface area contributed by atoms with Crippen molar-refractivity contribution in [2.45, 2.75) is 39.8 Å². The van der Waals surface area contributed by atoms with Crippen LogP contribution in [0.2, 0.25) is 0 Å². The van der Waals surface area contributed by atoms with Gasteiger partial charge in [0, 0.05) is 32.0 Å². The Kier molecular flexibility index (Phi) is 7.36. The summed E-state index contributed by atoms with van der Waals surface area (Å²) in [5.74, 6) is 0.585. The largest absolute Gasteiger partial charge is 0.352 e. The molecule has 0 unspecified atom stereocenters. The molecule has 0 aliphatic rings. The zero-order valence-electron chi connectivity index (χ0n) is 18.1. The molecule has 2 aromatic carbocycles. The molecule has 3 rings (SSSR count). The minimum absolute atomic E-state index is 0.0394. The van der Waals surface area contributed by atoms with Gasteiger partial charge in [-0.3, -0.25) is 14.2 Å². The van der Waals surface area contributed by atoms with E-state index in [4.69, 9.17) is 0 Å². The van der Waals surface area contributed by atoms with Crippen molar-refractivity contribution in [3.63, 3.8) is 0 Å². The Balaban J connectivity index is 1.62. The van der Waals surface area contributed by atoms with Gasteiger partial charge in [-0.15, -0.1) is 0 Å². The predicted octanol–water partition coefficient (Wildman–Crippen LogP) is 1.61. The topological polar surface area (TPSA) is 68.4 Å². The summed E-state index contributed by atoms with van der Waals surface area (Å²) in [7, 11) is 1.71. The number of para-hydroxylation sites is 1. The van der Waals surface area contributed by atoms with Crippen LogP contribution in [0.5, 0.6) is 0 Å². The second-order valence-corrected chi connectivity index (χ2v) is 7.59. The molecule has 30 heavy (non-hydrogen) atoms. The molecule has 0 aliphatic carbocycles. The van der Waals surface area contributed by atoms with Crippen molar-refractivity contribution < 1.29 is 9.69 Å². The van der Waals surface area contributed by atoms with Crippen LogP contribution < -0.4 is 15.8 Å². The summed E-state index contributed by atoms with van der Waals surface area (Å²) in [6, 6.07) is 15.6. The second kappa shape index (κ2) is 10.2. The number of amides is 1. The maximum atomic E-state index is 12.5. The first-order valence-electron chi connectivity index (χ1n) is 10.6. The van der Waals surface area contributed by atoms with E-state index in [1.807, 2.05) is 24.3 Å². The lowest BCUT2D eigenvalue weighted by Crippen LogP contribution is -3.10. The average molecular weight is 408 g/mol. The summed E-state index contributed by atoms with van der Waals surface area (Å²) in [6.45, 7) is 8.01. The van der Waals surface area contributed by atoms with Crippen LogP contribution in [0.25, 0.3) is 10.9 Å². The highest BCUT2D eigenvalue weighted by Crippen LogP contribution is 2.10. The van der Waals surface area contributed by atoms with Gasteiger partial charge < -0.3 is 10.2 Å². The molecule has 6 nitrogen and oxygen atoms in total. The Morgan fingerprint density at radius 3 is 2.43 bits per heavy atom. The highest BCUT2D eigenvalue weighted by Gasteiger charge is 2.12. The molecule has 0 spiro atoms. The Bertz CT molecular complexity index is 1070. The van der Waals surface area contributed by atoms with E-state index in [1.165, 1.54) is 15.0 Å². The molecular formula is C24H31N4O2+. The van der Waals surface area contributed by atoms with Crippen molar-refractivity contribution in [2.75, 3.05) is 13.1 Å². The van der Waals surface area contributed by atoms with Crippen LogP contribution in [0, 0.1) is 0 Å². The fourth-order valence-corrected chi connectivity index (χ4v) is 3.67. The standard InChI is InChI=1S/C24H30N4O2/c1-4-28(5-2)17-19-11-7-6-10-18(19)16-25-23(29)15-14-22-26-21-13-9-8-12-20(21)24(30)27(22)3/h6-13H,4-5,14-17H2,1-3H3,(H,25,29)/p+1. The Labute approximate surface area is 177 Å². The van der Waals surface area contributed by atoms with Crippen molar-refractivity contribution in [3.8, 4) is 0 Å². The monoisotopic (exact) mass is 407 g/mol. The van der Waals surface area contributed by atoms with E-state index < -0.39 is 0 Å². The van der Waals surface area contributed by atoms with E-state index in [9.17, 15) is 9.59 Å². The molecule has 0 saturated carbocycles. The van der Waals surface area contributed by atoms with Gasteiger partial charge in [0.15, 0.2) is 0 Å². The lowest BCUT2D eigenvalue weighted by Gasteiger charge is -2.18. The lowest BCUT2D eigenvalue weighted by molar-refractivity contribution is -0.910. The minimum atomic E-state index is -0.0798. The maximum Gasteiger partial charge on any atom is 0.261 e. The van der Waals surface area contributed by atoms with Crippen molar-refractivity contribution in [1.29, 1.82) is 0 Å². The number of carbonyl (C=O) groups excluding carboxylic acids is 1. The van der Waals surface area contributed by atoms with Crippen LogP contribution >= 0.6 is 0 Å². The van der Waals surface area contributed by atoms with Crippen LogP contribution in [0.4, 0.5) is 0 Å². The van der Waals surface area contributed by atoms with E-state index >= 15 is 0 Å². The van der Waals surface area contributed by atoms with Crippen LogP contribution in [0.15, 0.2) is 53.3 Å². The molecule has 0 radical (unpaired) electrons. The number of nitrogens with zero attached hydrogens (tertiary/aromatic N) is 2. The highest BCUT2D eigenvalue weighted by atomic mass is 16.1. The van der Waals surface area contributed by atoms with E-state index in [-0.39, 0.29) is 11.5 Å². The lowest BCUT2D eigenvalue weighted by atomic mass is 10.1. The van der Waals surface area contributed by atoms with Crippen LogP contribution in [0.1, 0.15) is 37.2 Å². The maximum absolute atomic E-state index is 12.5. The first kappa shape index (κ1) is 21.7. The summed E-state index contributed by atoms with van der Waals surface area (Å²) in [4.78, 5) is 31.0. The van der Waals surface area contributed by atoms with Gasteiger partial charge >= 0.3 is 0 Å². The minimum Gasteiger partial charge on any atom is -0.352 e. The summed E-state index contributed by atoms with van der Waals surface area (Å²) in [5.41, 5.74) is 3.02. The highest BCUT2D eigenvalue weighted by molar-refractivity contribution is 5.78. The molecule has 2 N–H and O–H groups in total. The molecular weight excluding hydrogens is 376 g/mol. The third-order valence-electron chi connectivity index (χ3n) is 5.69. The van der Waals surface area contributed by atoms with Crippen molar-refractivity contribution in [1.82, 2.24) is 14.9 Å². The van der Waals surface area contributed by atoms with Crippen LogP contribution in [-0.2, 0) is 31.4 Å². The molecule has 158 valence electrons. The molecule has 0 fully saturated rings. The average Bonchev–Trinajstić information content (AvgIpc) is 2.78. The summed E-state index contributed by atoms with van der Waals surface area (Å²) in [5, 5.41) is 3.62. The Hall–Kier alpha value is -2.99.